The summed E-state index contributed by atoms with van der Waals surface area (Å²) in [6, 6.07) is 7.87. The SMILES string of the molecule is C[C@H](c1nc2ccccc2s1)N(C)C(=O)C[NH+](C)CC(=O)NC(C)(C)C. The molecule has 2 rings (SSSR count). The van der Waals surface area contributed by atoms with Crippen molar-refractivity contribution in [2.24, 2.45) is 0 Å². The highest BCUT2D eigenvalue weighted by atomic mass is 32.1. The number of fused-ring (bicyclic) bond motifs is 1. The first-order valence-electron chi connectivity index (χ1n) is 8.80. The van der Waals surface area contributed by atoms with Crippen molar-refractivity contribution in [3.8, 4) is 0 Å². The fourth-order valence-corrected chi connectivity index (χ4v) is 3.70. The quantitative estimate of drug-likeness (QED) is 0.796. The summed E-state index contributed by atoms with van der Waals surface area (Å²) in [5, 5.41) is 3.84. The van der Waals surface area contributed by atoms with Gasteiger partial charge in [0.1, 0.15) is 5.01 Å². The van der Waals surface area contributed by atoms with E-state index in [1.807, 2.05) is 59.0 Å². The van der Waals surface area contributed by atoms with Crippen LogP contribution in [0.15, 0.2) is 24.3 Å². The fourth-order valence-electron chi connectivity index (χ4n) is 2.63. The van der Waals surface area contributed by atoms with Crippen molar-refractivity contribution < 1.29 is 14.5 Å². The largest absolute Gasteiger partial charge is 0.347 e. The number of nitrogens with zero attached hydrogens (tertiary/aromatic N) is 2. The van der Waals surface area contributed by atoms with Gasteiger partial charge in [0.2, 0.25) is 0 Å². The standard InChI is InChI=1S/C19H28N4O2S/c1-13(18-20-14-9-7-8-10-15(14)26-18)23(6)17(25)12-22(5)11-16(24)21-19(2,3)4/h7-10,13H,11-12H2,1-6H3,(H,21,24)/p+1/t13-/m1/s1. The Bertz CT molecular complexity index is 748. The zero-order chi connectivity index (χ0) is 19.5. The van der Waals surface area contributed by atoms with Crippen molar-refractivity contribution in [3.05, 3.63) is 29.3 Å². The lowest BCUT2D eigenvalue weighted by molar-refractivity contribution is -0.863. The second-order valence-electron chi connectivity index (χ2n) is 7.81. The highest BCUT2D eigenvalue weighted by Gasteiger charge is 2.24. The summed E-state index contributed by atoms with van der Waals surface area (Å²) in [5.41, 5.74) is 0.696. The van der Waals surface area contributed by atoms with E-state index in [2.05, 4.69) is 10.3 Å². The molecule has 2 N–H and O–H groups in total. The number of hydrogen-bond donors (Lipinski definition) is 2. The lowest BCUT2D eigenvalue weighted by Crippen LogP contribution is -3.11. The Morgan fingerprint density at radius 2 is 1.92 bits per heavy atom. The number of aromatic nitrogens is 1. The molecule has 1 aromatic carbocycles. The number of nitrogens with one attached hydrogen (secondary N) is 2. The maximum absolute atomic E-state index is 12.6. The van der Waals surface area contributed by atoms with E-state index in [1.54, 1.807) is 23.3 Å². The molecule has 1 aromatic heterocycles. The summed E-state index contributed by atoms with van der Waals surface area (Å²) in [5.74, 6) is -0.0533. The summed E-state index contributed by atoms with van der Waals surface area (Å²) < 4.78 is 1.12. The zero-order valence-corrected chi connectivity index (χ0v) is 17.2. The Balaban J connectivity index is 1.94. The summed E-state index contributed by atoms with van der Waals surface area (Å²) in [7, 11) is 3.65. The molecule has 26 heavy (non-hydrogen) atoms. The molecule has 0 radical (unpaired) electrons. The number of carbonyl (C=O) groups is 2. The lowest BCUT2D eigenvalue weighted by Gasteiger charge is -2.25. The summed E-state index contributed by atoms with van der Waals surface area (Å²) >= 11 is 1.61. The van der Waals surface area contributed by atoms with Gasteiger partial charge in [-0.1, -0.05) is 12.1 Å². The minimum Gasteiger partial charge on any atom is -0.347 e. The number of benzene rings is 1. The molecule has 142 valence electrons. The van der Waals surface area contributed by atoms with Crippen LogP contribution in [0.4, 0.5) is 0 Å². The number of quaternary nitrogens is 1. The van der Waals surface area contributed by atoms with Gasteiger partial charge in [0.15, 0.2) is 13.1 Å². The van der Waals surface area contributed by atoms with Crippen LogP contribution in [0.25, 0.3) is 10.2 Å². The van der Waals surface area contributed by atoms with Crippen molar-refractivity contribution in [3.63, 3.8) is 0 Å². The minimum atomic E-state index is -0.264. The average Bonchev–Trinajstić information content (AvgIpc) is 2.95. The van der Waals surface area contributed by atoms with Crippen molar-refractivity contribution in [2.75, 3.05) is 27.2 Å². The summed E-state index contributed by atoms with van der Waals surface area (Å²) in [6.45, 7) is 8.35. The minimum absolute atomic E-state index is 0.00202. The van der Waals surface area contributed by atoms with Crippen LogP contribution < -0.4 is 10.2 Å². The predicted octanol–water partition coefficient (Wildman–Crippen LogP) is 1.25. The van der Waals surface area contributed by atoms with Crippen molar-refractivity contribution in [2.45, 2.75) is 39.3 Å². The second kappa shape index (κ2) is 8.14. The van der Waals surface area contributed by atoms with E-state index in [9.17, 15) is 9.59 Å². The summed E-state index contributed by atoms with van der Waals surface area (Å²) in [4.78, 5) is 31.8. The third-order valence-corrected chi connectivity index (χ3v) is 5.28. The van der Waals surface area contributed by atoms with Crippen molar-refractivity contribution in [1.29, 1.82) is 0 Å². The smallest absolute Gasteiger partial charge is 0.278 e. The predicted molar refractivity (Wildman–Crippen MR) is 105 cm³/mol. The van der Waals surface area contributed by atoms with Crippen LogP contribution in [-0.4, -0.2) is 54.4 Å². The molecule has 2 atom stereocenters. The van der Waals surface area contributed by atoms with Crippen LogP contribution in [-0.2, 0) is 9.59 Å². The van der Waals surface area contributed by atoms with Crippen LogP contribution in [0.3, 0.4) is 0 Å². The molecule has 0 saturated carbocycles. The second-order valence-corrected chi connectivity index (χ2v) is 8.87. The van der Waals surface area contributed by atoms with Crippen LogP contribution in [0, 0.1) is 0 Å². The first-order chi connectivity index (χ1) is 12.1. The van der Waals surface area contributed by atoms with Crippen LogP contribution in [0.5, 0.6) is 0 Å². The Morgan fingerprint density at radius 1 is 1.27 bits per heavy atom. The first kappa shape index (κ1) is 20.3. The van der Waals surface area contributed by atoms with Gasteiger partial charge in [-0.25, -0.2) is 4.98 Å². The molecular weight excluding hydrogens is 348 g/mol. The van der Waals surface area contributed by atoms with Gasteiger partial charge in [0, 0.05) is 12.6 Å². The number of amides is 2. The molecule has 0 saturated heterocycles. The average molecular weight is 378 g/mol. The lowest BCUT2D eigenvalue weighted by atomic mass is 10.1. The molecule has 0 fully saturated rings. The third kappa shape index (κ3) is 5.51. The van der Waals surface area contributed by atoms with Crippen LogP contribution in [0.1, 0.15) is 38.7 Å². The molecule has 0 aliphatic rings. The van der Waals surface area contributed by atoms with Crippen LogP contribution >= 0.6 is 11.3 Å². The van der Waals surface area contributed by atoms with E-state index in [0.29, 0.717) is 0 Å². The van der Waals surface area contributed by atoms with E-state index in [0.717, 1.165) is 20.1 Å². The van der Waals surface area contributed by atoms with Gasteiger partial charge in [-0.3, -0.25) is 9.59 Å². The molecule has 7 heteroatoms. The van der Waals surface area contributed by atoms with E-state index in [4.69, 9.17) is 0 Å². The number of thiazole rings is 1. The fraction of sp³-hybridized carbons (Fsp3) is 0.526. The van der Waals surface area contributed by atoms with E-state index in [1.165, 1.54) is 0 Å². The number of likely N-dealkylation sites (N-methyl/N-ethyl adjacent to an activating group) is 2. The van der Waals surface area contributed by atoms with Gasteiger partial charge < -0.3 is 15.1 Å². The van der Waals surface area contributed by atoms with Gasteiger partial charge >= 0.3 is 0 Å². The van der Waals surface area contributed by atoms with E-state index in [-0.39, 0.29) is 36.5 Å². The molecule has 0 aliphatic heterocycles. The number of hydrogen-bond acceptors (Lipinski definition) is 4. The van der Waals surface area contributed by atoms with Crippen LogP contribution in [0.2, 0.25) is 0 Å². The Labute approximate surface area is 159 Å². The molecule has 1 heterocycles. The van der Waals surface area contributed by atoms with Crippen molar-refractivity contribution in [1.82, 2.24) is 15.2 Å². The Kier molecular flexibility index (Phi) is 6.36. The molecular formula is C19H29N4O2S+. The topological polar surface area (TPSA) is 66.7 Å². The monoisotopic (exact) mass is 377 g/mol. The van der Waals surface area contributed by atoms with Gasteiger partial charge in [-0.2, -0.15) is 0 Å². The maximum Gasteiger partial charge on any atom is 0.278 e. The highest BCUT2D eigenvalue weighted by molar-refractivity contribution is 7.18. The molecule has 2 aromatic rings. The van der Waals surface area contributed by atoms with E-state index < -0.39 is 0 Å². The molecule has 0 bridgehead atoms. The first-order valence-corrected chi connectivity index (χ1v) is 9.62. The number of carbonyl (C=O) groups excluding carboxylic acids is 2. The molecule has 2 amide bonds. The molecule has 6 nitrogen and oxygen atoms in total. The molecule has 0 aliphatic carbocycles. The highest BCUT2D eigenvalue weighted by Crippen LogP contribution is 2.28. The summed E-state index contributed by atoms with van der Waals surface area (Å²) in [6.07, 6.45) is 0. The maximum atomic E-state index is 12.6. The molecule has 0 spiro atoms. The number of rotatable bonds is 6. The van der Waals surface area contributed by atoms with E-state index >= 15 is 0 Å². The molecule has 1 unspecified atom stereocenters. The Morgan fingerprint density at radius 3 is 2.54 bits per heavy atom. The third-order valence-electron chi connectivity index (χ3n) is 4.07. The Hall–Kier alpha value is -1.99. The van der Waals surface area contributed by atoms with Gasteiger partial charge in [0.25, 0.3) is 11.8 Å². The van der Waals surface area contributed by atoms with Crippen molar-refractivity contribution >= 4 is 33.4 Å². The normalized spacial score (nSPS) is 14.1. The van der Waals surface area contributed by atoms with Gasteiger partial charge in [0.05, 0.1) is 23.3 Å². The number of para-hydroxylation sites is 1. The van der Waals surface area contributed by atoms with Gasteiger partial charge in [-0.15, -0.1) is 11.3 Å². The zero-order valence-electron chi connectivity index (χ0n) is 16.4. The van der Waals surface area contributed by atoms with Gasteiger partial charge in [-0.05, 0) is 39.8 Å².